The second-order valence-corrected chi connectivity index (χ2v) is 12.9. The minimum absolute atomic E-state index is 0.204. The molecule has 0 radical (unpaired) electrons. The number of amides is 3. The van der Waals surface area contributed by atoms with E-state index < -0.39 is 12.1 Å². The van der Waals surface area contributed by atoms with Crippen molar-refractivity contribution in [1.82, 2.24) is 4.90 Å². The van der Waals surface area contributed by atoms with Crippen molar-refractivity contribution in [3.63, 3.8) is 0 Å². The van der Waals surface area contributed by atoms with Crippen LogP contribution in [0.1, 0.15) is 45.7 Å². The van der Waals surface area contributed by atoms with Crippen LogP contribution in [0, 0.1) is 0 Å². The number of ether oxygens (including phenoxy) is 4. The number of urea groups is 1. The Morgan fingerprint density at radius 3 is 2.15 bits per heavy atom. The van der Waals surface area contributed by atoms with E-state index in [1.54, 1.807) is 0 Å². The van der Waals surface area contributed by atoms with Crippen LogP contribution in [0.15, 0.2) is 72.8 Å². The summed E-state index contributed by atoms with van der Waals surface area (Å²) in [5.41, 5.74) is 3.15. The summed E-state index contributed by atoms with van der Waals surface area (Å²) in [6.45, 7) is 12.9. The van der Waals surface area contributed by atoms with Gasteiger partial charge in [0.25, 0.3) is 0 Å². The van der Waals surface area contributed by atoms with Crippen molar-refractivity contribution in [2.24, 2.45) is 0 Å². The Hall–Kier alpha value is -4.80. The first-order valence-corrected chi connectivity index (χ1v) is 15.8. The van der Waals surface area contributed by atoms with Gasteiger partial charge in [-0.3, -0.25) is 10.2 Å². The number of methoxy groups -OCH3 is 2. The first-order chi connectivity index (χ1) is 22.4. The predicted octanol–water partition coefficient (Wildman–Crippen LogP) is 8.37. The molecule has 1 fully saturated rings. The van der Waals surface area contributed by atoms with Gasteiger partial charge in [0.1, 0.15) is 11.5 Å². The van der Waals surface area contributed by atoms with Gasteiger partial charge in [0.2, 0.25) is 0 Å². The number of nitrogens with zero attached hydrogens (tertiary/aromatic N) is 1. The Morgan fingerprint density at radius 1 is 0.830 bits per heavy atom. The Labute approximate surface area is 276 Å². The third kappa shape index (κ3) is 8.33. The molecule has 47 heavy (non-hydrogen) atoms. The smallest absolute Gasteiger partial charge is 0.411 e. The maximum Gasteiger partial charge on any atom is 0.411 e. The highest BCUT2D eigenvalue weighted by atomic mass is 16.5. The lowest BCUT2D eigenvalue weighted by atomic mass is 9.86. The van der Waals surface area contributed by atoms with Crippen molar-refractivity contribution < 1.29 is 28.5 Å². The van der Waals surface area contributed by atoms with Gasteiger partial charge >= 0.3 is 12.1 Å². The van der Waals surface area contributed by atoms with E-state index in [9.17, 15) is 9.59 Å². The number of anilines is 3. The van der Waals surface area contributed by atoms with Gasteiger partial charge in [-0.1, -0.05) is 57.2 Å². The summed E-state index contributed by atoms with van der Waals surface area (Å²) >= 11 is 0. The van der Waals surface area contributed by atoms with Gasteiger partial charge in [0.05, 0.1) is 43.5 Å². The van der Waals surface area contributed by atoms with Gasteiger partial charge in [-0.15, -0.1) is 0 Å². The van der Waals surface area contributed by atoms with Crippen LogP contribution >= 0.6 is 0 Å². The maximum absolute atomic E-state index is 13.4. The van der Waals surface area contributed by atoms with Crippen LogP contribution in [0.2, 0.25) is 0 Å². The first-order valence-electron chi connectivity index (χ1n) is 15.8. The van der Waals surface area contributed by atoms with Crippen molar-refractivity contribution in [2.45, 2.75) is 58.8 Å². The van der Waals surface area contributed by atoms with E-state index in [1.165, 1.54) is 19.8 Å². The minimum Gasteiger partial charge on any atom is -0.492 e. The Bertz CT molecular complexity index is 1740. The average molecular weight is 641 g/mol. The highest BCUT2D eigenvalue weighted by Crippen LogP contribution is 2.39. The molecular weight excluding hydrogens is 596 g/mol. The summed E-state index contributed by atoms with van der Waals surface area (Å²) < 4.78 is 22.7. The molecule has 248 valence electrons. The largest absolute Gasteiger partial charge is 0.492 e. The topological polar surface area (TPSA) is 110 Å². The molecule has 0 saturated carbocycles. The third-order valence-electron chi connectivity index (χ3n) is 7.99. The zero-order valence-electron chi connectivity index (χ0n) is 28.1. The Balaban J connectivity index is 1.36. The molecule has 3 N–H and O–H groups in total. The molecule has 0 aliphatic carbocycles. The number of hydrogen-bond donors (Lipinski definition) is 3. The van der Waals surface area contributed by atoms with Gasteiger partial charge in [0.15, 0.2) is 5.75 Å². The van der Waals surface area contributed by atoms with E-state index >= 15 is 0 Å². The predicted molar refractivity (Wildman–Crippen MR) is 186 cm³/mol. The molecule has 10 nitrogen and oxygen atoms in total. The van der Waals surface area contributed by atoms with Crippen LogP contribution in [0.5, 0.6) is 17.2 Å². The molecule has 4 aromatic rings. The Morgan fingerprint density at radius 2 is 1.49 bits per heavy atom. The molecule has 1 saturated heterocycles. The van der Waals surface area contributed by atoms with Gasteiger partial charge < -0.3 is 29.6 Å². The molecule has 0 aromatic heterocycles. The molecule has 2 unspecified atom stereocenters. The van der Waals surface area contributed by atoms with Crippen LogP contribution in [-0.2, 0) is 21.4 Å². The molecule has 1 aliphatic rings. The number of nitrogens with one attached hydrogen (secondary N) is 3. The average Bonchev–Trinajstić information content (AvgIpc) is 3.01. The number of hydrogen-bond acceptors (Lipinski definition) is 7. The van der Waals surface area contributed by atoms with E-state index in [1.807, 2.05) is 81.4 Å². The number of rotatable bonds is 8. The summed E-state index contributed by atoms with van der Waals surface area (Å²) in [6, 6.07) is 22.8. The second kappa shape index (κ2) is 14.3. The van der Waals surface area contributed by atoms with Crippen molar-refractivity contribution in [1.29, 1.82) is 0 Å². The van der Waals surface area contributed by atoms with Crippen LogP contribution in [0.25, 0.3) is 10.8 Å². The summed E-state index contributed by atoms with van der Waals surface area (Å²) in [6.07, 6.45) is -0.238. The molecule has 1 aliphatic heterocycles. The standard InChI is InChI=1S/C37H44N4O6/c1-23-20-41(21-24(2)46-23)22-25-11-10-12-27(17-25)47-33-16-15-30(28-13-8-9-14-29(28)33)38-35(42)39-31-18-26(37(3,4)5)19-32(34(31)44-6)40-36(43)45-7/h8-19,23-24H,20-22H2,1-7H3,(H,40,43)(H2,38,39,42). The fourth-order valence-corrected chi connectivity index (χ4v) is 5.88. The Kier molecular flexibility index (Phi) is 10.2. The molecule has 5 rings (SSSR count). The van der Waals surface area contributed by atoms with Gasteiger partial charge in [0, 0.05) is 30.4 Å². The van der Waals surface area contributed by atoms with E-state index in [2.05, 4.69) is 46.8 Å². The van der Waals surface area contributed by atoms with Crippen molar-refractivity contribution in [2.75, 3.05) is 43.3 Å². The van der Waals surface area contributed by atoms with Gasteiger partial charge in [-0.05, 0) is 66.8 Å². The van der Waals surface area contributed by atoms with Crippen LogP contribution in [0.3, 0.4) is 0 Å². The lowest BCUT2D eigenvalue weighted by Crippen LogP contribution is -2.44. The fourth-order valence-electron chi connectivity index (χ4n) is 5.88. The highest BCUT2D eigenvalue weighted by Gasteiger charge is 2.24. The molecule has 1 heterocycles. The molecule has 10 heteroatoms. The number of morpholine rings is 1. The third-order valence-corrected chi connectivity index (χ3v) is 7.99. The summed E-state index contributed by atoms with van der Waals surface area (Å²) in [5.74, 6) is 1.71. The number of benzene rings is 4. The lowest BCUT2D eigenvalue weighted by molar-refractivity contribution is -0.0704. The second-order valence-electron chi connectivity index (χ2n) is 12.9. The monoisotopic (exact) mass is 640 g/mol. The first kappa shape index (κ1) is 33.6. The molecule has 3 amide bonds. The van der Waals surface area contributed by atoms with Crippen molar-refractivity contribution >= 4 is 40.0 Å². The summed E-state index contributed by atoms with van der Waals surface area (Å²) in [5, 5.41) is 10.2. The quantitative estimate of drug-likeness (QED) is 0.177. The maximum atomic E-state index is 13.4. The van der Waals surface area contributed by atoms with E-state index in [0.717, 1.165) is 41.7 Å². The van der Waals surface area contributed by atoms with Crippen LogP contribution < -0.4 is 25.4 Å². The van der Waals surface area contributed by atoms with Crippen LogP contribution in [0.4, 0.5) is 26.7 Å². The highest BCUT2D eigenvalue weighted by molar-refractivity contribution is 6.08. The number of carbonyl (C=O) groups is 2. The molecule has 2 atom stereocenters. The van der Waals surface area contributed by atoms with Gasteiger partial charge in [-0.25, -0.2) is 9.59 Å². The van der Waals surface area contributed by atoms with Crippen molar-refractivity contribution in [3.8, 4) is 17.2 Å². The SMILES string of the molecule is COC(=O)Nc1cc(C(C)(C)C)cc(NC(=O)Nc2ccc(Oc3cccc(CN4CC(C)OC(C)C4)c3)c3ccccc23)c1OC. The minimum atomic E-state index is -0.647. The summed E-state index contributed by atoms with van der Waals surface area (Å²) in [7, 11) is 2.76. The molecular formula is C37H44N4O6. The van der Waals surface area contributed by atoms with Gasteiger partial charge in [-0.2, -0.15) is 0 Å². The lowest BCUT2D eigenvalue weighted by Gasteiger charge is -2.35. The summed E-state index contributed by atoms with van der Waals surface area (Å²) in [4.78, 5) is 27.9. The molecule has 4 aromatic carbocycles. The zero-order chi connectivity index (χ0) is 33.7. The van der Waals surface area contributed by atoms with Crippen LogP contribution in [-0.4, -0.2) is 56.5 Å². The van der Waals surface area contributed by atoms with E-state index in [0.29, 0.717) is 28.6 Å². The van der Waals surface area contributed by atoms with Crippen molar-refractivity contribution in [3.05, 3.63) is 83.9 Å². The van der Waals surface area contributed by atoms with E-state index in [4.69, 9.17) is 18.9 Å². The number of fused-ring (bicyclic) bond motifs is 1. The number of carbonyl (C=O) groups excluding carboxylic acids is 2. The molecule has 0 bridgehead atoms. The fraction of sp³-hybridized carbons (Fsp3) is 0.351. The van der Waals surface area contributed by atoms with E-state index in [-0.39, 0.29) is 17.6 Å². The normalized spacial score (nSPS) is 16.7. The molecule has 0 spiro atoms. The zero-order valence-corrected chi connectivity index (χ0v) is 28.1.